The van der Waals surface area contributed by atoms with Crippen LogP contribution in [0.1, 0.15) is 37.2 Å². The van der Waals surface area contributed by atoms with Gasteiger partial charge in [-0.15, -0.1) is 10.2 Å². The maximum atomic E-state index is 6.10. The Hall–Kier alpha value is -1.49. The van der Waals surface area contributed by atoms with Gasteiger partial charge in [0.25, 0.3) is 0 Å². The van der Waals surface area contributed by atoms with Crippen molar-refractivity contribution in [2.45, 2.75) is 33.7 Å². The summed E-state index contributed by atoms with van der Waals surface area (Å²) in [7, 11) is 0. The Balaban J connectivity index is 2.65. The van der Waals surface area contributed by atoms with E-state index < -0.39 is 0 Å². The molecule has 2 aromatic rings. The second kappa shape index (κ2) is 3.83. The Kier molecular flexibility index (Phi) is 2.63. The Bertz CT molecular complexity index is 514. The molecule has 0 bridgehead atoms. The fraction of sp³-hybridized carbons (Fsp3) is 0.545. The van der Waals surface area contributed by atoms with Crippen LogP contribution in [0.15, 0.2) is 6.07 Å². The molecule has 16 heavy (non-hydrogen) atoms. The average molecular weight is 219 g/mol. The van der Waals surface area contributed by atoms with Gasteiger partial charge in [-0.2, -0.15) is 0 Å². The Morgan fingerprint density at radius 1 is 1.25 bits per heavy atom. The molecule has 0 saturated carbocycles. The van der Waals surface area contributed by atoms with Gasteiger partial charge in [0.15, 0.2) is 11.5 Å². The van der Waals surface area contributed by atoms with Crippen LogP contribution in [0, 0.1) is 19.8 Å². The van der Waals surface area contributed by atoms with E-state index in [2.05, 4.69) is 29.0 Å². The van der Waals surface area contributed by atoms with E-state index in [0.717, 1.165) is 23.0 Å². The lowest BCUT2D eigenvalue weighted by atomic mass is 10.1. The molecular formula is C11H17N5. The average Bonchev–Trinajstić information content (AvgIpc) is 2.59. The van der Waals surface area contributed by atoms with Crippen LogP contribution in [0.2, 0.25) is 0 Å². The largest absolute Gasteiger partial charge is 0.321 e. The van der Waals surface area contributed by atoms with Crippen molar-refractivity contribution >= 4 is 5.65 Å². The monoisotopic (exact) mass is 219 g/mol. The van der Waals surface area contributed by atoms with E-state index in [4.69, 9.17) is 5.73 Å². The number of fused-ring (bicyclic) bond motifs is 1. The molecule has 0 saturated heterocycles. The summed E-state index contributed by atoms with van der Waals surface area (Å²) in [5.74, 6) is 1.99. The van der Waals surface area contributed by atoms with Gasteiger partial charge < -0.3 is 5.73 Å². The van der Waals surface area contributed by atoms with E-state index in [1.807, 2.05) is 24.3 Å². The van der Waals surface area contributed by atoms with Crippen molar-refractivity contribution in [3.05, 3.63) is 23.4 Å². The van der Waals surface area contributed by atoms with Crippen molar-refractivity contribution in [1.82, 2.24) is 19.6 Å². The highest BCUT2D eigenvalue weighted by Gasteiger charge is 2.18. The molecule has 2 heterocycles. The second-order valence-corrected chi connectivity index (χ2v) is 4.47. The molecular weight excluding hydrogens is 202 g/mol. The second-order valence-electron chi connectivity index (χ2n) is 4.47. The van der Waals surface area contributed by atoms with Crippen molar-refractivity contribution < 1.29 is 0 Å². The summed E-state index contributed by atoms with van der Waals surface area (Å²) < 4.78 is 1.93. The first-order valence-electron chi connectivity index (χ1n) is 5.45. The van der Waals surface area contributed by atoms with E-state index in [-0.39, 0.29) is 6.04 Å². The number of aromatic nitrogens is 4. The van der Waals surface area contributed by atoms with Crippen molar-refractivity contribution in [1.29, 1.82) is 0 Å². The molecule has 0 fully saturated rings. The highest BCUT2D eigenvalue weighted by atomic mass is 15.3. The third kappa shape index (κ3) is 1.67. The molecule has 2 aromatic heterocycles. The van der Waals surface area contributed by atoms with Crippen LogP contribution < -0.4 is 5.73 Å². The van der Waals surface area contributed by atoms with Crippen LogP contribution in [-0.2, 0) is 0 Å². The fourth-order valence-electron chi connectivity index (χ4n) is 1.77. The highest BCUT2D eigenvalue weighted by molar-refractivity contribution is 5.40. The number of hydrogen-bond donors (Lipinski definition) is 1. The molecule has 0 spiro atoms. The van der Waals surface area contributed by atoms with Gasteiger partial charge in [-0.25, -0.2) is 4.98 Å². The quantitative estimate of drug-likeness (QED) is 0.828. The molecule has 0 aromatic carbocycles. The summed E-state index contributed by atoms with van der Waals surface area (Å²) in [5, 5.41) is 8.30. The van der Waals surface area contributed by atoms with Crippen LogP contribution in [0.5, 0.6) is 0 Å². The first-order valence-corrected chi connectivity index (χ1v) is 5.45. The molecule has 5 heteroatoms. The van der Waals surface area contributed by atoms with Crippen molar-refractivity contribution in [3.63, 3.8) is 0 Å². The maximum Gasteiger partial charge on any atom is 0.164 e. The molecule has 5 nitrogen and oxygen atoms in total. The minimum absolute atomic E-state index is 0.113. The number of hydrogen-bond acceptors (Lipinski definition) is 4. The van der Waals surface area contributed by atoms with Gasteiger partial charge in [0.2, 0.25) is 0 Å². The van der Waals surface area contributed by atoms with E-state index in [0.29, 0.717) is 5.92 Å². The number of nitrogens with two attached hydrogens (primary N) is 1. The summed E-state index contributed by atoms with van der Waals surface area (Å²) in [6, 6.07) is 1.80. The molecule has 2 rings (SSSR count). The topological polar surface area (TPSA) is 69.1 Å². The van der Waals surface area contributed by atoms with Gasteiger partial charge in [-0.1, -0.05) is 13.8 Å². The first kappa shape index (κ1) is 11.0. The van der Waals surface area contributed by atoms with Gasteiger partial charge in [-0.3, -0.25) is 4.40 Å². The summed E-state index contributed by atoms with van der Waals surface area (Å²) in [6.45, 7) is 8.04. The van der Waals surface area contributed by atoms with Crippen molar-refractivity contribution in [2.24, 2.45) is 11.7 Å². The number of aryl methyl sites for hydroxylation is 2. The minimum Gasteiger partial charge on any atom is -0.321 e. The van der Waals surface area contributed by atoms with Crippen LogP contribution >= 0.6 is 0 Å². The Labute approximate surface area is 94.7 Å². The van der Waals surface area contributed by atoms with Crippen LogP contribution in [0.4, 0.5) is 0 Å². The zero-order chi connectivity index (χ0) is 11.9. The summed E-state index contributed by atoms with van der Waals surface area (Å²) >= 11 is 0. The van der Waals surface area contributed by atoms with Crippen LogP contribution in [0.3, 0.4) is 0 Å². The SMILES string of the molecule is Cc1cc2nnc(C(N)C(C)C)n2c(C)n1. The van der Waals surface area contributed by atoms with Gasteiger partial charge in [0.05, 0.1) is 6.04 Å². The molecule has 0 amide bonds. The van der Waals surface area contributed by atoms with Gasteiger partial charge >= 0.3 is 0 Å². The predicted molar refractivity (Wildman–Crippen MR) is 62.0 cm³/mol. The fourth-order valence-corrected chi connectivity index (χ4v) is 1.77. The van der Waals surface area contributed by atoms with Gasteiger partial charge in [-0.05, 0) is 19.8 Å². The molecule has 0 radical (unpaired) electrons. The molecule has 1 unspecified atom stereocenters. The maximum absolute atomic E-state index is 6.10. The summed E-state index contributed by atoms with van der Waals surface area (Å²) in [6.07, 6.45) is 0. The van der Waals surface area contributed by atoms with Crippen LogP contribution in [-0.4, -0.2) is 19.6 Å². The summed E-state index contributed by atoms with van der Waals surface area (Å²) in [5.41, 5.74) is 7.87. The molecule has 0 aliphatic carbocycles. The Morgan fingerprint density at radius 2 is 1.94 bits per heavy atom. The molecule has 2 N–H and O–H groups in total. The first-order chi connectivity index (χ1) is 7.50. The molecule has 0 aliphatic heterocycles. The van der Waals surface area contributed by atoms with Gasteiger partial charge in [0, 0.05) is 11.8 Å². The molecule has 86 valence electrons. The smallest absolute Gasteiger partial charge is 0.164 e. The lowest BCUT2D eigenvalue weighted by molar-refractivity contribution is 0.484. The van der Waals surface area contributed by atoms with E-state index in [1.165, 1.54) is 0 Å². The minimum atomic E-state index is -0.113. The van der Waals surface area contributed by atoms with Crippen LogP contribution in [0.25, 0.3) is 5.65 Å². The van der Waals surface area contributed by atoms with E-state index >= 15 is 0 Å². The predicted octanol–water partition coefficient (Wildman–Crippen LogP) is 1.40. The van der Waals surface area contributed by atoms with Gasteiger partial charge in [0.1, 0.15) is 5.82 Å². The Morgan fingerprint density at radius 3 is 2.56 bits per heavy atom. The van der Waals surface area contributed by atoms with E-state index in [1.54, 1.807) is 0 Å². The highest BCUT2D eigenvalue weighted by Crippen LogP contribution is 2.18. The lowest BCUT2D eigenvalue weighted by Crippen LogP contribution is -2.20. The number of rotatable bonds is 2. The summed E-state index contributed by atoms with van der Waals surface area (Å²) in [4.78, 5) is 4.40. The zero-order valence-electron chi connectivity index (χ0n) is 10.1. The lowest BCUT2D eigenvalue weighted by Gasteiger charge is -2.14. The zero-order valence-corrected chi connectivity index (χ0v) is 10.1. The van der Waals surface area contributed by atoms with Crippen molar-refractivity contribution in [3.8, 4) is 0 Å². The standard InChI is InChI=1S/C11H17N5/c1-6(2)10(12)11-15-14-9-5-7(3)13-8(4)16(9)11/h5-6,10H,12H2,1-4H3. The third-order valence-electron chi connectivity index (χ3n) is 2.73. The normalized spacial score (nSPS) is 13.6. The number of nitrogens with zero attached hydrogens (tertiary/aromatic N) is 4. The van der Waals surface area contributed by atoms with E-state index in [9.17, 15) is 0 Å². The third-order valence-corrected chi connectivity index (χ3v) is 2.73. The molecule has 1 atom stereocenters. The van der Waals surface area contributed by atoms with Crippen molar-refractivity contribution in [2.75, 3.05) is 0 Å². The molecule has 0 aliphatic rings.